The fourth-order valence-electron chi connectivity index (χ4n) is 1.53. The highest BCUT2D eigenvalue weighted by Gasteiger charge is 2.01. The smallest absolute Gasteiger partial charge is 0.115 e. The van der Waals surface area contributed by atoms with Crippen LogP contribution in [0.4, 0.5) is 0 Å². The van der Waals surface area contributed by atoms with Gasteiger partial charge in [-0.15, -0.1) is 0 Å². The van der Waals surface area contributed by atoms with E-state index in [9.17, 15) is 0 Å². The Labute approximate surface area is 86.0 Å². The van der Waals surface area contributed by atoms with E-state index >= 15 is 0 Å². The number of rotatable bonds is 5. The maximum absolute atomic E-state index is 9.11. The molecule has 2 N–H and O–H groups in total. The summed E-state index contributed by atoms with van der Waals surface area (Å²) in [6.07, 6.45) is 2.27. The maximum atomic E-state index is 9.11. The summed E-state index contributed by atoms with van der Waals surface area (Å²) in [7, 11) is 1.98. The van der Waals surface area contributed by atoms with E-state index in [-0.39, 0.29) is 0 Å². The second kappa shape index (κ2) is 5.66. The van der Waals surface area contributed by atoms with Gasteiger partial charge in [-0.2, -0.15) is 0 Å². The molecule has 0 saturated carbocycles. The Kier molecular flexibility index (Phi) is 4.47. The largest absolute Gasteiger partial charge is 0.508 e. The molecule has 14 heavy (non-hydrogen) atoms. The normalized spacial score (nSPS) is 12.7. The minimum atomic E-state index is 0.344. The number of phenolic OH excluding ortho intramolecular Hbond substituents is 1. The van der Waals surface area contributed by atoms with Crippen molar-refractivity contribution >= 4 is 0 Å². The zero-order valence-electron chi connectivity index (χ0n) is 8.96. The highest BCUT2D eigenvalue weighted by atomic mass is 16.3. The number of benzene rings is 1. The summed E-state index contributed by atoms with van der Waals surface area (Å²) < 4.78 is 0. The third-order valence-electron chi connectivity index (χ3n) is 2.41. The Bertz CT molecular complexity index is 256. The second-order valence-electron chi connectivity index (χ2n) is 3.87. The van der Waals surface area contributed by atoms with Crippen LogP contribution in [-0.2, 0) is 6.42 Å². The Morgan fingerprint density at radius 3 is 2.50 bits per heavy atom. The van der Waals surface area contributed by atoms with Gasteiger partial charge in [-0.05, 0) is 50.0 Å². The van der Waals surface area contributed by atoms with Crippen LogP contribution in [0.1, 0.15) is 18.9 Å². The predicted molar refractivity (Wildman–Crippen MR) is 59.5 cm³/mol. The van der Waals surface area contributed by atoms with Gasteiger partial charge in [0.1, 0.15) is 5.75 Å². The minimum Gasteiger partial charge on any atom is -0.508 e. The molecule has 2 heteroatoms. The number of aromatic hydroxyl groups is 1. The van der Waals surface area contributed by atoms with Crippen molar-refractivity contribution in [3.8, 4) is 5.75 Å². The van der Waals surface area contributed by atoms with Crippen LogP contribution in [0.2, 0.25) is 0 Å². The molecule has 0 bridgehead atoms. The summed E-state index contributed by atoms with van der Waals surface area (Å²) in [6.45, 7) is 3.31. The van der Waals surface area contributed by atoms with Crippen molar-refractivity contribution in [3.63, 3.8) is 0 Å². The van der Waals surface area contributed by atoms with Crippen LogP contribution >= 0.6 is 0 Å². The van der Waals surface area contributed by atoms with Gasteiger partial charge in [0.2, 0.25) is 0 Å². The second-order valence-corrected chi connectivity index (χ2v) is 3.87. The molecule has 0 aliphatic carbocycles. The summed E-state index contributed by atoms with van der Waals surface area (Å²) in [6, 6.07) is 7.47. The van der Waals surface area contributed by atoms with E-state index in [1.807, 2.05) is 19.2 Å². The summed E-state index contributed by atoms with van der Waals surface area (Å²) in [4.78, 5) is 0. The zero-order valence-corrected chi connectivity index (χ0v) is 8.96. The number of nitrogens with one attached hydrogen (secondary N) is 1. The molecule has 0 radical (unpaired) electrons. The molecular weight excluding hydrogens is 174 g/mol. The van der Waals surface area contributed by atoms with Gasteiger partial charge in [-0.3, -0.25) is 0 Å². The van der Waals surface area contributed by atoms with Crippen molar-refractivity contribution < 1.29 is 5.11 Å². The van der Waals surface area contributed by atoms with Crippen LogP contribution in [0.3, 0.4) is 0 Å². The van der Waals surface area contributed by atoms with Gasteiger partial charge >= 0.3 is 0 Å². The topological polar surface area (TPSA) is 32.3 Å². The van der Waals surface area contributed by atoms with E-state index in [0.717, 1.165) is 13.0 Å². The SMILES string of the molecule is CNCC(C)CCc1ccc(O)cc1. The van der Waals surface area contributed by atoms with Gasteiger partial charge in [0.15, 0.2) is 0 Å². The molecule has 0 aliphatic rings. The van der Waals surface area contributed by atoms with Crippen LogP contribution in [0.25, 0.3) is 0 Å². The molecule has 2 nitrogen and oxygen atoms in total. The Balaban J connectivity index is 2.34. The van der Waals surface area contributed by atoms with Gasteiger partial charge < -0.3 is 10.4 Å². The fourth-order valence-corrected chi connectivity index (χ4v) is 1.53. The third-order valence-corrected chi connectivity index (χ3v) is 2.41. The lowest BCUT2D eigenvalue weighted by atomic mass is 10.0. The highest BCUT2D eigenvalue weighted by Crippen LogP contribution is 2.13. The van der Waals surface area contributed by atoms with E-state index in [1.54, 1.807) is 12.1 Å². The van der Waals surface area contributed by atoms with E-state index in [1.165, 1.54) is 12.0 Å². The van der Waals surface area contributed by atoms with Crippen LogP contribution in [-0.4, -0.2) is 18.7 Å². The molecule has 1 aromatic rings. The van der Waals surface area contributed by atoms with Crippen LogP contribution in [0, 0.1) is 5.92 Å². The molecule has 0 amide bonds. The zero-order chi connectivity index (χ0) is 10.4. The lowest BCUT2D eigenvalue weighted by Crippen LogP contribution is -2.16. The van der Waals surface area contributed by atoms with Crippen LogP contribution < -0.4 is 5.32 Å². The molecule has 78 valence electrons. The number of aryl methyl sites for hydroxylation is 1. The molecule has 0 heterocycles. The van der Waals surface area contributed by atoms with Gasteiger partial charge in [-0.1, -0.05) is 19.1 Å². The quantitative estimate of drug-likeness (QED) is 0.751. The van der Waals surface area contributed by atoms with E-state index in [4.69, 9.17) is 5.11 Å². The van der Waals surface area contributed by atoms with Crippen molar-refractivity contribution in [1.82, 2.24) is 5.32 Å². The summed E-state index contributed by atoms with van der Waals surface area (Å²) in [5.41, 5.74) is 1.30. The summed E-state index contributed by atoms with van der Waals surface area (Å²) in [5, 5.41) is 12.3. The molecule has 0 saturated heterocycles. The van der Waals surface area contributed by atoms with Gasteiger partial charge in [0, 0.05) is 0 Å². The van der Waals surface area contributed by atoms with Crippen molar-refractivity contribution in [1.29, 1.82) is 0 Å². The van der Waals surface area contributed by atoms with Gasteiger partial charge in [-0.25, -0.2) is 0 Å². The first-order chi connectivity index (χ1) is 6.72. The van der Waals surface area contributed by atoms with E-state index in [0.29, 0.717) is 11.7 Å². The van der Waals surface area contributed by atoms with Gasteiger partial charge in [0.05, 0.1) is 0 Å². The number of hydrogen-bond acceptors (Lipinski definition) is 2. The molecule has 1 aromatic carbocycles. The lowest BCUT2D eigenvalue weighted by Gasteiger charge is -2.10. The highest BCUT2D eigenvalue weighted by molar-refractivity contribution is 5.25. The average Bonchev–Trinajstić information content (AvgIpc) is 2.17. The number of phenols is 1. The van der Waals surface area contributed by atoms with Gasteiger partial charge in [0.25, 0.3) is 0 Å². The molecular formula is C12H19NO. The Morgan fingerprint density at radius 1 is 1.29 bits per heavy atom. The fraction of sp³-hybridized carbons (Fsp3) is 0.500. The van der Waals surface area contributed by atoms with Crippen molar-refractivity contribution in [2.75, 3.05) is 13.6 Å². The molecule has 1 rings (SSSR count). The first-order valence-corrected chi connectivity index (χ1v) is 5.15. The Hall–Kier alpha value is -1.02. The molecule has 0 aliphatic heterocycles. The first kappa shape index (κ1) is 11.1. The number of hydrogen-bond donors (Lipinski definition) is 2. The van der Waals surface area contributed by atoms with E-state index in [2.05, 4.69) is 12.2 Å². The van der Waals surface area contributed by atoms with Crippen molar-refractivity contribution in [2.24, 2.45) is 5.92 Å². The predicted octanol–water partition coefficient (Wildman–Crippen LogP) is 2.18. The summed E-state index contributed by atoms with van der Waals surface area (Å²) >= 11 is 0. The maximum Gasteiger partial charge on any atom is 0.115 e. The monoisotopic (exact) mass is 193 g/mol. The lowest BCUT2D eigenvalue weighted by molar-refractivity contribution is 0.474. The summed E-state index contributed by atoms with van der Waals surface area (Å²) in [5.74, 6) is 1.05. The third kappa shape index (κ3) is 3.79. The van der Waals surface area contributed by atoms with Crippen LogP contribution in [0.5, 0.6) is 5.75 Å². The van der Waals surface area contributed by atoms with Crippen LogP contribution in [0.15, 0.2) is 24.3 Å². The molecule has 0 spiro atoms. The average molecular weight is 193 g/mol. The van der Waals surface area contributed by atoms with Crippen molar-refractivity contribution in [2.45, 2.75) is 19.8 Å². The standard InChI is InChI=1S/C12H19NO/c1-10(9-13-2)3-4-11-5-7-12(14)8-6-11/h5-8,10,13-14H,3-4,9H2,1-2H3. The minimum absolute atomic E-state index is 0.344. The van der Waals surface area contributed by atoms with Crippen molar-refractivity contribution in [3.05, 3.63) is 29.8 Å². The van der Waals surface area contributed by atoms with E-state index < -0.39 is 0 Å². The molecule has 0 fully saturated rings. The molecule has 1 unspecified atom stereocenters. The first-order valence-electron chi connectivity index (χ1n) is 5.15. The molecule has 1 atom stereocenters. The molecule has 0 aromatic heterocycles. The Morgan fingerprint density at radius 2 is 1.93 bits per heavy atom.